The Bertz CT molecular complexity index is 509. The zero-order chi connectivity index (χ0) is 13.2. The summed E-state index contributed by atoms with van der Waals surface area (Å²) in [5.41, 5.74) is 1.67. The van der Waals surface area contributed by atoms with E-state index in [-0.39, 0.29) is 24.2 Å². The van der Waals surface area contributed by atoms with Gasteiger partial charge >= 0.3 is 0 Å². The van der Waals surface area contributed by atoms with Crippen molar-refractivity contribution >= 4 is 17.5 Å². The molecule has 2 aliphatic rings. The van der Waals surface area contributed by atoms with E-state index in [1.807, 2.05) is 24.3 Å². The summed E-state index contributed by atoms with van der Waals surface area (Å²) in [7, 11) is 0. The van der Waals surface area contributed by atoms with E-state index in [0.29, 0.717) is 26.3 Å². The molecule has 0 aliphatic carbocycles. The monoisotopic (exact) mass is 260 g/mol. The van der Waals surface area contributed by atoms with Crippen LogP contribution in [0.4, 0.5) is 5.69 Å². The van der Waals surface area contributed by atoms with Crippen LogP contribution in [0.5, 0.6) is 0 Å². The van der Waals surface area contributed by atoms with Gasteiger partial charge in [-0.2, -0.15) is 0 Å². The standard InChI is InChI=1S/C14H16N2O3/c17-13-9-11(10-3-1-2-4-12(10)15-13)14(18)16-5-7-19-8-6-16/h1-4,11H,5-9H2,(H,15,17). The number of ether oxygens (including phenoxy) is 1. The molecule has 1 saturated heterocycles. The van der Waals surface area contributed by atoms with E-state index in [0.717, 1.165) is 11.3 Å². The van der Waals surface area contributed by atoms with Crippen LogP contribution in [0.1, 0.15) is 17.9 Å². The summed E-state index contributed by atoms with van der Waals surface area (Å²) in [4.78, 5) is 26.1. The van der Waals surface area contributed by atoms with E-state index in [4.69, 9.17) is 4.74 Å². The second kappa shape index (κ2) is 5.01. The van der Waals surface area contributed by atoms with Crippen molar-refractivity contribution < 1.29 is 14.3 Å². The topological polar surface area (TPSA) is 58.6 Å². The van der Waals surface area contributed by atoms with Crippen LogP contribution in [0.2, 0.25) is 0 Å². The fourth-order valence-corrected chi connectivity index (χ4v) is 2.64. The van der Waals surface area contributed by atoms with Crippen LogP contribution in [0.25, 0.3) is 0 Å². The van der Waals surface area contributed by atoms with Gasteiger partial charge in [-0.25, -0.2) is 0 Å². The highest BCUT2D eigenvalue weighted by Gasteiger charge is 2.33. The predicted molar refractivity (Wildman–Crippen MR) is 69.8 cm³/mol. The molecular weight excluding hydrogens is 244 g/mol. The lowest BCUT2D eigenvalue weighted by molar-refractivity contribution is -0.138. The molecule has 0 saturated carbocycles. The van der Waals surface area contributed by atoms with Gasteiger partial charge in [0.1, 0.15) is 0 Å². The van der Waals surface area contributed by atoms with Gasteiger partial charge < -0.3 is 15.0 Å². The van der Waals surface area contributed by atoms with Crippen LogP contribution in [-0.4, -0.2) is 43.0 Å². The zero-order valence-electron chi connectivity index (χ0n) is 10.6. The van der Waals surface area contributed by atoms with Gasteiger partial charge in [-0.3, -0.25) is 9.59 Å². The summed E-state index contributed by atoms with van der Waals surface area (Å²) in [5, 5.41) is 2.81. The molecular formula is C14H16N2O3. The third-order valence-electron chi connectivity index (χ3n) is 3.62. The normalized spacial score (nSPS) is 22.6. The van der Waals surface area contributed by atoms with E-state index in [1.54, 1.807) is 4.90 Å². The molecule has 19 heavy (non-hydrogen) atoms. The zero-order valence-corrected chi connectivity index (χ0v) is 10.6. The summed E-state index contributed by atoms with van der Waals surface area (Å²) in [6, 6.07) is 7.51. The highest BCUT2D eigenvalue weighted by Crippen LogP contribution is 2.33. The van der Waals surface area contributed by atoms with Crippen LogP contribution in [-0.2, 0) is 14.3 Å². The summed E-state index contributed by atoms with van der Waals surface area (Å²) in [6.45, 7) is 2.37. The number of hydrogen-bond donors (Lipinski definition) is 1. The number of morpholine rings is 1. The number of anilines is 1. The Kier molecular flexibility index (Phi) is 3.21. The van der Waals surface area contributed by atoms with Gasteiger partial charge in [0.25, 0.3) is 0 Å². The van der Waals surface area contributed by atoms with E-state index in [2.05, 4.69) is 5.32 Å². The first-order valence-corrected chi connectivity index (χ1v) is 6.51. The second-order valence-electron chi connectivity index (χ2n) is 4.83. The van der Waals surface area contributed by atoms with Gasteiger partial charge in [0.15, 0.2) is 0 Å². The maximum atomic E-state index is 12.6. The van der Waals surface area contributed by atoms with Crippen molar-refractivity contribution in [2.75, 3.05) is 31.6 Å². The number of para-hydroxylation sites is 1. The van der Waals surface area contributed by atoms with Gasteiger partial charge in [-0.15, -0.1) is 0 Å². The third-order valence-corrected chi connectivity index (χ3v) is 3.62. The number of nitrogens with one attached hydrogen (secondary N) is 1. The molecule has 5 nitrogen and oxygen atoms in total. The third kappa shape index (κ3) is 2.33. The van der Waals surface area contributed by atoms with Crippen LogP contribution >= 0.6 is 0 Å². The lowest BCUT2D eigenvalue weighted by atomic mass is 9.89. The largest absolute Gasteiger partial charge is 0.378 e. The molecule has 3 rings (SSSR count). The molecule has 2 amide bonds. The SMILES string of the molecule is O=C1CC(C(=O)N2CCOCC2)c2ccccc2N1. The Morgan fingerprint density at radius 3 is 2.79 bits per heavy atom. The lowest BCUT2D eigenvalue weighted by Crippen LogP contribution is -2.44. The van der Waals surface area contributed by atoms with Crippen molar-refractivity contribution in [1.29, 1.82) is 0 Å². The molecule has 2 heterocycles. The summed E-state index contributed by atoms with van der Waals surface area (Å²) in [6.07, 6.45) is 0.229. The Morgan fingerprint density at radius 1 is 1.26 bits per heavy atom. The summed E-state index contributed by atoms with van der Waals surface area (Å²) >= 11 is 0. The molecule has 100 valence electrons. The molecule has 1 unspecified atom stereocenters. The van der Waals surface area contributed by atoms with E-state index in [1.165, 1.54) is 0 Å². The molecule has 1 aromatic rings. The first kappa shape index (κ1) is 12.2. The van der Waals surface area contributed by atoms with Crippen molar-refractivity contribution in [3.8, 4) is 0 Å². The molecule has 0 radical (unpaired) electrons. The number of benzene rings is 1. The number of hydrogen-bond acceptors (Lipinski definition) is 3. The first-order chi connectivity index (χ1) is 9.25. The van der Waals surface area contributed by atoms with Gasteiger partial charge in [-0.05, 0) is 11.6 Å². The maximum absolute atomic E-state index is 12.6. The average molecular weight is 260 g/mol. The predicted octanol–water partition coefficient (Wildman–Crippen LogP) is 0.971. The minimum absolute atomic E-state index is 0.0330. The molecule has 0 aromatic heterocycles. The molecule has 1 fully saturated rings. The second-order valence-corrected chi connectivity index (χ2v) is 4.83. The quantitative estimate of drug-likeness (QED) is 0.818. The minimum Gasteiger partial charge on any atom is -0.378 e. The number of nitrogens with zero attached hydrogens (tertiary/aromatic N) is 1. The molecule has 0 bridgehead atoms. The molecule has 1 atom stereocenters. The Labute approximate surface area is 111 Å². The Morgan fingerprint density at radius 2 is 2.00 bits per heavy atom. The van der Waals surface area contributed by atoms with Crippen molar-refractivity contribution in [2.24, 2.45) is 0 Å². The van der Waals surface area contributed by atoms with Crippen LogP contribution < -0.4 is 5.32 Å². The van der Waals surface area contributed by atoms with Gasteiger partial charge in [0.05, 0.1) is 19.1 Å². The molecule has 1 N–H and O–H groups in total. The molecule has 2 aliphatic heterocycles. The van der Waals surface area contributed by atoms with Crippen LogP contribution in [0, 0.1) is 0 Å². The van der Waals surface area contributed by atoms with Crippen molar-refractivity contribution in [2.45, 2.75) is 12.3 Å². The van der Waals surface area contributed by atoms with Gasteiger partial charge in [0, 0.05) is 25.2 Å². The summed E-state index contributed by atoms with van der Waals surface area (Å²) < 4.78 is 5.25. The number of amides is 2. The smallest absolute Gasteiger partial charge is 0.230 e. The van der Waals surface area contributed by atoms with Crippen molar-refractivity contribution in [1.82, 2.24) is 4.90 Å². The number of carbonyl (C=O) groups is 2. The average Bonchev–Trinajstić information content (AvgIpc) is 2.46. The maximum Gasteiger partial charge on any atom is 0.230 e. The minimum atomic E-state index is -0.358. The molecule has 0 spiro atoms. The highest BCUT2D eigenvalue weighted by atomic mass is 16.5. The van der Waals surface area contributed by atoms with E-state index < -0.39 is 0 Å². The van der Waals surface area contributed by atoms with Crippen molar-refractivity contribution in [3.63, 3.8) is 0 Å². The Hall–Kier alpha value is -1.88. The highest BCUT2D eigenvalue weighted by molar-refractivity contribution is 6.01. The molecule has 1 aromatic carbocycles. The molecule has 5 heteroatoms. The number of fused-ring (bicyclic) bond motifs is 1. The van der Waals surface area contributed by atoms with Crippen molar-refractivity contribution in [3.05, 3.63) is 29.8 Å². The van der Waals surface area contributed by atoms with Gasteiger partial charge in [0.2, 0.25) is 11.8 Å². The van der Waals surface area contributed by atoms with E-state index in [9.17, 15) is 9.59 Å². The van der Waals surface area contributed by atoms with Crippen LogP contribution in [0.3, 0.4) is 0 Å². The number of carbonyl (C=O) groups excluding carboxylic acids is 2. The fourth-order valence-electron chi connectivity index (χ4n) is 2.64. The van der Waals surface area contributed by atoms with Crippen LogP contribution in [0.15, 0.2) is 24.3 Å². The van der Waals surface area contributed by atoms with Gasteiger partial charge in [-0.1, -0.05) is 18.2 Å². The fraction of sp³-hybridized carbons (Fsp3) is 0.429. The lowest BCUT2D eigenvalue weighted by Gasteiger charge is -2.32. The number of rotatable bonds is 1. The Balaban J connectivity index is 1.87. The van der Waals surface area contributed by atoms with E-state index >= 15 is 0 Å². The first-order valence-electron chi connectivity index (χ1n) is 6.51. The summed E-state index contributed by atoms with van der Waals surface area (Å²) in [5.74, 6) is -0.418.